The van der Waals surface area contributed by atoms with Crippen LogP contribution in [0.2, 0.25) is 0 Å². The molecule has 59 heavy (non-hydrogen) atoms. The van der Waals surface area contributed by atoms with Gasteiger partial charge < -0.3 is 65.1 Å². The first-order chi connectivity index (χ1) is 28.6. The molecule has 9 N–H and O–H groups in total. The maximum absolute atomic E-state index is 13.0. The van der Waals surface area contributed by atoms with E-state index in [2.05, 4.69) is 31.3 Å². The van der Waals surface area contributed by atoms with Crippen LogP contribution in [-0.4, -0.2) is 140 Å². The van der Waals surface area contributed by atoms with Crippen LogP contribution < -0.4 is 5.32 Å². The van der Waals surface area contributed by atoms with Crippen molar-refractivity contribution >= 4 is 5.91 Å². The van der Waals surface area contributed by atoms with Crippen molar-refractivity contribution in [3.05, 3.63) is 24.3 Å². The van der Waals surface area contributed by atoms with Crippen molar-refractivity contribution in [3.63, 3.8) is 0 Å². The normalized spacial score (nSPS) is 28.7. The zero-order valence-electron chi connectivity index (χ0n) is 36.2. The minimum Gasteiger partial charge on any atom is -0.394 e. The summed E-state index contributed by atoms with van der Waals surface area (Å²) in [5, 5.41) is 86.1. The van der Waals surface area contributed by atoms with Gasteiger partial charge in [-0.1, -0.05) is 134 Å². The Balaban J connectivity index is 1.78. The Kier molecular flexibility index (Phi) is 30.1. The van der Waals surface area contributed by atoms with E-state index in [0.29, 0.717) is 6.42 Å². The van der Waals surface area contributed by atoms with Gasteiger partial charge in [0, 0.05) is 6.42 Å². The number of carbonyl (C=O) groups is 1. The Labute approximate surface area is 354 Å². The van der Waals surface area contributed by atoms with Gasteiger partial charge in [0.15, 0.2) is 12.6 Å². The predicted molar refractivity (Wildman–Crippen MR) is 226 cm³/mol. The molecule has 12 atom stereocenters. The minimum absolute atomic E-state index is 0.249. The Morgan fingerprint density at radius 3 is 1.63 bits per heavy atom. The van der Waals surface area contributed by atoms with Crippen LogP contribution in [-0.2, 0) is 23.7 Å². The van der Waals surface area contributed by atoms with Crippen LogP contribution in [0, 0.1) is 0 Å². The number of unbranched alkanes of at least 4 members (excludes halogenated alkanes) is 19. The maximum Gasteiger partial charge on any atom is 0.220 e. The first-order valence-electron chi connectivity index (χ1n) is 23.1. The van der Waals surface area contributed by atoms with Crippen molar-refractivity contribution in [3.8, 4) is 0 Å². The van der Waals surface area contributed by atoms with Gasteiger partial charge in [0.05, 0.1) is 32.0 Å². The SMILES string of the molecule is CCCCCC/C=C/C(O)C(COC1OC(CO)C(OC2OC(CO)C(O)C(O)C2O)C(O)C1O)NC(=O)CCCCCCCCCCC/C=C\CCCCCCCC. The molecule has 0 aromatic heterocycles. The molecule has 14 nitrogen and oxygen atoms in total. The lowest BCUT2D eigenvalue weighted by Crippen LogP contribution is -2.65. The highest BCUT2D eigenvalue weighted by molar-refractivity contribution is 5.76. The number of aliphatic hydroxyl groups is 8. The van der Waals surface area contributed by atoms with E-state index in [1.165, 1.54) is 83.5 Å². The number of hydrogen-bond acceptors (Lipinski definition) is 13. The number of aliphatic hydroxyl groups excluding tert-OH is 8. The fourth-order valence-corrected chi connectivity index (χ4v) is 7.52. The van der Waals surface area contributed by atoms with E-state index in [1.807, 2.05) is 6.08 Å². The largest absolute Gasteiger partial charge is 0.394 e. The number of nitrogens with one attached hydrogen (secondary N) is 1. The fourth-order valence-electron chi connectivity index (χ4n) is 7.52. The van der Waals surface area contributed by atoms with Crippen molar-refractivity contribution in [2.75, 3.05) is 19.8 Å². The van der Waals surface area contributed by atoms with Crippen molar-refractivity contribution in [2.24, 2.45) is 0 Å². The van der Waals surface area contributed by atoms with Gasteiger partial charge in [0.1, 0.15) is 48.8 Å². The molecular formula is C45H83NO13. The van der Waals surface area contributed by atoms with Crippen LogP contribution in [0.4, 0.5) is 0 Å². The molecule has 2 aliphatic rings. The molecule has 0 spiro atoms. The summed E-state index contributed by atoms with van der Waals surface area (Å²) in [5.41, 5.74) is 0. The van der Waals surface area contributed by atoms with Gasteiger partial charge >= 0.3 is 0 Å². The van der Waals surface area contributed by atoms with Gasteiger partial charge in [-0.15, -0.1) is 0 Å². The lowest BCUT2D eigenvalue weighted by atomic mass is 9.97. The summed E-state index contributed by atoms with van der Waals surface area (Å²) < 4.78 is 22.5. The van der Waals surface area contributed by atoms with Gasteiger partial charge in [-0.3, -0.25) is 4.79 Å². The smallest absolute Gasteiger partial charge is 0.220 e. The Bertz CT molecular complexity index is 1090. The molecule has 2 heterocycles. The van der Waals surface area contributed by atoms with Crippen LogP contribution in [0.25, 0.3) is 0 Å². The molecular weight excluding hydrogens is 762 g/mol. The summed E-state index contributed by atoms with van der Waals surface area (Å²) in [6.45, 7) is 2.67. The summed E-state index contributed by atoms with van der Waals surface area (Å²) in [5.74, 6) is -0.249. The number of hydrogen-bond donors (Lipinski definition) is 9. The summed E-state index contributed by atoms with van der Waals surface area (Å²) >= 11 is 0. The van der Waals surface area contributed by atoms with Gasteiger partial charge in [-0.25, -0.2) is 0 Å². The number of carbonyl (C=O) groups excluding carboxylic acids is 1. The summed E-state index contributed by atoms with van der Waals surface area (Å²) in [7, 11) is 0. The zero-order valence-corrected chi connectivity index (χ0v) is 36.2. The van der Waals surface area contributed by atoms with Gasteiger partial charge in [0.2, 0.25) is 5.91 Å². The van der Waals surface area contributed by atoms with E-state index in [4.69, 9.17) is 18.9 Å². The van der Waals surface area contributed by atoms with E-state index in [9.17, 15) is 45.6 Å². The van der Waals surface area contributed by atoms with E-state index in [0.717, 1.165) is 51.4 Å². The third kappa shape index (κ3) is 21.4. The van der Waals surface area contributed by atoms with Gasteiger partial charge in [-0.05, 0) is 44.9 Å². The molecule has 0 aromatic rings. The molecule has 0 bridgehead atoms. The summed E-state index contributed by atoms with van der Waals surface area (Å²) in [6.07, 6.45) is 17.0. The third-order valence-electron chi connectivity index (χ3n) is 11.4. The molecule has 2 aliphatic heterocycles. The van der Waals surface area contributed by atoms with Crippen LogP contribution in [0.15, 0.2) is 24.3 Å². The first kappa shape index (κ1) is 53.6. The number of allylic oxidation sites excluding steroid dienone is 3. The van der Waals surface area contributed by atoms with E-state index >= 15 is 0 Å². The molecule has 0 aromatic carbocycles. The van der Waals surface area contributed by atoms with Crippen molar-refractivity contribution in [1.82, 2.24) is 5.32 Å². The standard InChI is InChI=1S/C45H83NO13/c1-3-5-7-9-11-12-13-14-15-16-17-18-19-20-21-22-23-25-27-29-37(50)46-33(34(49)28-26-24-10-8-6-4-2)32-56-44-42(55)40(53)43(36(31-48)58-44)59-45-41(54)39(52)38(51)35(30-47)57-45/h14-15,26,28,33-36,38-45,47-49,51-55H,3-13,16-25,27,29-32H2,1-2H3,(H,46,50)/b15-14-,28-26+. The average Bonchev–Trinajstić information content (AvgIpc) is 3.23. The molecule has 2 fully saturated rings. The van der Waals surface area contributed by atoms with Crippen LogP contribution >= 0.6 is 0 Å². The molecule has 0 aliphatic carbocycles. The second-order valence-corrected chi connectivity index (χ2v) is 16.5. The van der Waals surface area contributed by atoms with E-state index in [1.54, 1.807) is 6.08 Å². The maximum atomic E-state index is 13.0. The average molecular weight is 846 g/mol. The fraction of sp³-hybridized carbons (Fsp3) is 0.889. The highest BCUT2D eigenvalue weighted by atomic mass is 16.7. The summed E-state index contributed by atoms with van der Waals surface area (Å²) in [6, 6.07) is -0.909. The Morgan fingerprint density at radius 1 is 0.593 bits per heavy atom. The quantitative estimate of drug-likeness (QED) is 0.0319. The lowest BCUT2D eigenvalue weighted by molar-refractivity contribution is -0.359. The topological polar surface area (TPSA) is 228 Å². The highest BCUT2D eigenvalue weighted by Crippen LogP contribution is 2.30. The third-order valence-corrected chi connectivity index (χ3v) is 11.4. The van der Waals surface area contributed by atoms with Crippen molar-refractivity contribution in [1.29, 1.82) is 0 Å². The molecule has 2 rings (SSSR count). The van der Waals surface area contributed by atoms with Gasteiger partial charge in [-0.2, -0.15) is 0 Å². The molecule has 2 saturated heterocycles. The minimum atomic E-state index is -1.78. The highest BCUT2D eigenvalue weighted by Gasteiger charge is 2.50. The Morgan fingerprint density at radius 2 is 1.07 bits per heavy atom. The Hall–Kier alpha value is -1.53. The second-order valence-electron chi connectivity index (χ2n) is 16.5. The van der Waals surface area contributed by atoms with Crippen molar-refractivity contribution < 1.29 is 64.6 Å². The van der Waals surface area contributed by atoms with E-state index in [-0.39, 0.29) is 18.9 Å². The monoisotopic (exact) mass is 846 g/mol. The zero-order chi connectivity index (χ0) is 43.3. The molecule has 346 valence electrons. The number of ether oxygens (including phenoxy) is 4. The lowest BCUT2D eigenvalue weighted by Gasteiger charge is -2.46. The van der Waals surface area contributed by atoms with Crippen LogP contribution in [0.5, 0.6) is 0 Å². The van der Waals surface area contributed by atoms with Crippen molar-refractivity contribution in [2.45, 2.75) is 235 Å². The predicted octanol–water partition coefficient (Wildman–Crippen LogP) is 4.60. The molecule has 14 heteroatoms. The molecule has 0 radical (unpaired) electrons. The van der Waals surface area contributed by atoms with Crippen LogP contribution in [0.3, 0.4) is 0 Å². The van der Waals surface area contributed by atoms with Crippen LogP contribution in [0.1, 0.15) is 162 Å². The first-order valence-corrected chi connectivity index (χ1v) is 23.1. The molecule has 0 saturated carbocycles. The second kappa shape index (κ2) is 33.1. The number of amides is 1. The molecule has 12 unspecified atom stereocenters. The van der Waals surface area contributed by atoms with E-state index < -0.39 is 86.8 Å². The van der Waals surface area contributed by atoms with Gasteiger partial charge in [0.25, 0.3) is 0 Å². The summed E-state index contributed by atoms with van der Waals surface area (Å²) in [4.78, 5) is 13.0. The molecule has 1 amide bonds. The number of rotatable bonds is 34.